The number of halogens is 4. The summed E-state index contributed by atoms with van der Waals surface area (Å²) in [5.41, 5.74) is -0.356. The third-order valence-electron chi connectivity index (χ3n) is 8.34. The van der Waals surface area contributed by atoms with Gasteiger partial charge in [0.2, 0.25) is 11.0 Å². The summed E-state index contributed by atoms with van der Waals surface area (Å²) in [6.07, 6.45) is 3.43. The fourth-order valence-electron chi connectivity index (χ4n) is 6.25. The monoisotopic (exact) mass is 735 g/mol. The van der Waals surface area contributed by atoms with Crippen LogP contribution in [0.1, 0.15) is 93.5 Å². The first-order valence-corrected chi connectivity index (χ1v) is 18.7. The van der Waals surface area contributed by atoms with Gasteiger partial charge in [-0.2, -0.15) is 17.6 Å². The number of carbonyl (C=O) groups excluding carboxylic acids is 1. The highest BCUT2D eigenvalue weighted by Crippen LogP contribution is 2.46. The molecule has 4 aromatic rings. The van der Waals surface area contributed by atoms with Crippen LogP contribution in [-0.4, -0.2) is 25.7 Å². The van der Waals surface area contributed by atoms with Crippen molar-refractivity contribution in [1.82, 2.24) is 9.97 Å². The van der Waals surface area contributed by atoms with Crippen LogP contribution in [0.2, 0.25) is 0 Å². The molecule has 270 valence electrons. The number of aryl methyl sites for hydroxylation is 3. The molecule has 0 atom stereocenters. The summed E-state index contributed by atoms with van der Waals surface area (Å²) < 4.78 is 76.0. The Morgan fingerprint density at radius 3 is 2.36 bits per heavy atom. The van der Waals surface area contributed by atoms with Crippen LogP contribution >= 0.6 is 19.2 Å². The second-order valence-corrected chi connectivity index (χ2v) is 15.1. The second-order valence-electron chi connectivity index (χ2n) is 13.0. The van der Waals surface area contributed by atoms with E-state index in [2.05, 4.69) is 16.9 Å². The van der Waals surface area contributed by atoms with E-state index in [9.17, 15) is 32.3 Å². The van der Waals surface area contributed by atoms with E-state index in [0.717, 1.165) is 43.1 Å². The number of hydrogen-bond acceptors (Lipinski definition) is 6. The molecule has 1 amide bonds. The van der Waals surface area contributed by atoms with Crippen LogP contribution in [0.3, 0.4) is 0 Å². The highest BCUT2D eigenvalue weighted by molar-refractivity contribution is 7.46. The molecule has 0 spiro atoms. The molecule has 2 aromatic carbocycles. The van der Waals surface area contributed by atoms with Gasteiger partial charge in [0.15, 0.2) is 5.13 Å². The maximum atomic E-state index is 15.4. The van der Waals surface area contributed by atoms with Crippen molar-refractivity contribution in [3.8, 4) is 17.0 Å². The lowest BCUT2D eigenvalue weighted by Crippen LogP contribution is -2.33. The van der Waals surface area contributed by atoms with E-state index in [4.69, 9.17) is 4.52 Å². The summed E-state index contributed by atoms with van der Waals surface area (Å²) in [5.74, 6) is -0.849. The number of hydrogen-bond donors (Lipinski definition) is 2. The quantitative estimate of drug-likeness (QED) is 0.0710. The third-order valence-corrected chi connectivity index (χ3v) is 9.60. The standard InChI is InChI=1S/C36H42F4N3O5PS/c1-6-7-8-9-10-11-13-25-15-16-27(20-28(25)36(38,39)40)43(34-42-32(33(37)50-34)26-14-12-17-41-22-26)30(44)21-35(4,5)31-24(3)18-23(2)19-29(31)48-49(45,46)47/h12,14-20,22H,6-11,13,21H2,1-5H3,(H2,45,46,47). The lowest BCUT2D eigenvalue weighted by molar-refractivity contribution is -0.138. The maximum Gasteiger partial charge on any atom is 0.524 e. The van der Waals surface area contributed by atoms with Gasteiger partial charge in [-0.15, -0.1) is 0 Å². The van der Waals surface area contributed by atoms with E-state index in [-0.39, 0.29) is 40.7 Å². The van der Waals surface area contributed by atoms with Gasteiger partial charge in [-0.3, -0.25) is 24.5 Å². The van der Waals surface area contributed by atoms with Gasteiger partial charge in [-0.25, -0.2) is 9.55 Å². The Kier molecular flexibility index (Phi) is 12.6. The molecule has 0 aliphatic heterocycles. The number of unbranched alkanes of at least 4 members (excludes halogenated alkanes) is 5. The van der Waals surface area contributed by atoms with Gasteiger partial charge < -0.3 is 4.52 Å². The van der Waals surface area contributed by atoms with Crippen molar-refractivity contribution < 1.29 is 41.2 Å². The number of anilines is 2. The van der Waals surface area contributed by atoms with Crippen LogP contribution in [0.15, 0.2) is 54.9 Å². The SMILES string of the molecule is CCCCCCCCc1ccc(N(C(=O)CC(C)(C)c2c(C)cc(C)cc2OP(=O)(O)O)c2nc(-c3cccnc3)c(F)s2)cc1C(F)(F)F. The lowest BCUT2D eigenvalue weighted by atomic mass is 9.78. The van der Waals surface area contributed by atoms with Gasteiger partial charge >= 0.3 is 14.0 Å². The van der Waals surface area contributed by atoms with Crippen molar-refractivity contribution in [1.29, 1.82) is 0 Å². The Morgan fingerprint density at radius 1 is 1.02 bits per heavy atom. The number of phosphoric acid groups is 1. The minimum atomic E-state index is -5.00. The van der Waals surface area contributed by atoms with E-state index in [1.165, 1.54) is 30.6 Å². The largest absolute Gasteiger partial charge is 0.524 e. The molecule has 8 nitrogen and oxygen atoms in total. The fraction of sp³-hybridized carbons (Fsp3) is 0.417. The van der Waals surface area contributed by atoms with Gasteiger partial charge in [-0.05, 0) is 73.7 Å². The molecular weight excluding hydrogens is 693 g/mol. The van der Waals surface area contributed by atoms with Gasteiger partial charge in [0.05, 0.1) is 11.3 Å². The summed E-state index contributed by atoms with van der Waals surface area (Å²) in [6.45, 7) is 8.82. The number of pyridine rings is 1. The minimum absolute atomic E-state index is 0.0975. The second kappa shape index (κ2) is 16.1. The van der Waals surface area contributed by atoms with Crippen molar-refractivity contribution in [2.45, 2.75) is 97.6 Å². The molecule has 0 aliphatic carbocycles. The number of rotatable bonds is 15. The summed E-state index contributed by atoms with van der Waals surface area (Å²) in [5, 5.41) is -0.946. The van der Waals surface area contributed by atoms with Crippen molar-refractivity contribution in [3.05, 3.63) is 87.8 Å². The Hall–Kier alpha value is -3.64. The molecule has 0 unspecified atom stereocenters. The average molecular weight is 736 g/mol. The summed E-state index contributed by atoms with van der Waals surface area (Å²) >= 11 is 0.510. The minimum Gasteiger partial charge on any atom is -0.404 e. The molecule has 2 N–H and O–H groups in total. The number of alkyl halides is 3. The van der Waals surface area contributed by atoms with Crippen LogP contribution in [0, 0.1) is 19.0 Å². The van der Waals surface area contributed by atoms with Crippen molar-refractivity contribution in [2.24, 2.45) is 0 Å². The van der Waals surface area contributed by atoms with Crippen LogP contribution in [0.5, 0.6) is 5.75 Å². The summed E-state index contributed by atoms with van der Waals surface area (Å²) in [4.78, 5) is 43.0. The number of benzene rings is 2. The maximum absolute atomic E-state index is 15.4. The first kappa shape index (κ1) is 39.2. The van der Waals surface area contributed by atoms with Crippen LogP contribution in [0.25, 0.3) is 11.3 Å². The molecule has 0 saturated heterocycles. The van der Waals surface area contributed by atoms with E-state index in [1.807, 2.05) is 0 Å². The molecular formula is C36H42F4N3O5PS. The molecule has 2 heterocycles. The Labute approximate surface area is 293 Å². The zero-order valence-electron chi connectivity index (χ0n) is 28.7. The van der Waals surface area contributed by atoms with E-state index < -0.39 is 36.0 Å². The Bertz CT molecular complexity index is 1840. The zero-order chi connectivity index (χ0) is 36.9. The smallest absolute Gasteiger partial charge is 0.404 e. The molecule has 0 radical (unpaired) electrons. The van der Waals surface area contributed by atoms with Crippen molar-refractivity contribution >= 4 is 35.9 Å². The molecule has 0 aliphatic rings. The third kappa shape index (κ3) is 9.99. The molecule has 0 fully saturated rings. The van der Waals surface area contributed by atoms with Gasteiger partial charge in [0, 0.05) is 35.4 Å². The van der Waals surface area contributed by atoms with E-state index >= 15 is 4.39 Å². The number of aromatic nitrogens is 2. The van der Waals surface area contributed by atoms with Crippen LogP contribution in [0.4, 0.5) is 28.4 Å². The molecule has 4 rings (SSSR count). The van der Waals surface area contributed by atoms with Crippen LogP contribution < -0.4 is 9.42 Å². The van der Waals surface area contributed by atoms with Gasteiger partial charge in [-0.1, -0.05) is 76.3 Å². The highest BCUT2D eigenvalue weighted by atomic mass is 32.1. The number of thiazole rings is 1. The molecule has 50 heavy (non-hydrogen) atoms. The first-order chi connectivity index (χ1) is 23.4. The average Bonchev–Trinajstić information content (AvgIpc) is 3.38. The van der Waals surface area contributed by atoms with Gasteiger partial charge in [0.25, 0.3) is 0 Å². The first-order valence-electron chi connectivity index (χ1n) is 16.4. The molecule has 0 bridgehead atoms. The fourth-order valence-corrected chi connectivity index (χ4v) is 7.51. The van der Waals surface area contributed by atoms with Crippen molar-refractivity contribution in [3.63, 3.8) is 0 Å². The number of phosphoric ester groups is 1. The predicted octanol–water partition coefficient (Wildman–Crippen LogP) is 10.4. The van der Waals surface area contributed by atoms with Crippen LogP contribution in [-0.2, 0) is 27.4 Å². The molecule has 0 saturated carbocycles. The number of carbonyl (C=O) groups is 1. The Balaban J connectivity index is 1.80. The summed E-state index contributed by atoms with van der Waals surface area (Å²) in [7, 11) is -5.00. The highest BCUT2D eigenvalue weighted by Gasteiger charge is 2.38. The number of amides is 1. The zero-order valence-corrected chi connectivity index (χ0v) is 30.4. The van der Waals surface area contributed by atoms with E-state index in [1.54, 1.807) is 45.9 Å². The topological polar surface area (TPSA) is 113 Å². The predicted molar refractivity (Wildman–Crippen MR) is 187 cm³/mol. The van der Waals surface area contributed by atoms with E-state index in [0.29, 0.717) is 40.0 Å². The Morgan fingerprint density at radius 2 is 1.72 bits per heavy atom. The number of nitrogens with zero attached hydrogens (tertiary/aromatic N) is 3. The van der Waals surface area contributed by atoms with Crippen molar-refractivity contribution in [2.75, 3.05) is 4.90 Å². The molecule has 14 heteroatoms. The normalized spacial score (nSPS) is 12.3. The lowest BCUT2D eigenvalue weighted by Gasteiger charge is -2.31. The molecule has 2 aromatic heterocycles. The summed E-state index contributed by atoms with van der Waals surface area (Å²) in [6, 6.07) is 10.0. The van der Waals surface area contributed by atoms with Gasteiger partial charge in [0.1, 0.15) is 11.4 Å².